The average molecular weight is 481 g/mol. The predicted octanol–water partition coefficient (Wildman–Crippen LogP) is 6.65. The van der Waals surface area contributed by atoms with E-state index in [4.69, 9.17) is 26.2 Å². The second-order valence-electron chi connectivity index (χ2n) is 8.48. The molecule has 1 unspecified atom stereocenters. The first-order valence-corrected chi connectivity index (χ1v) is 12.6. The molecule has 0 radical (unpaired) electrons. The number of aryl methyl sites for hydroxylation is 1. The summed E-state index contributed by atoms with van der Waals surface area (Å²) in [6.07, 6.45) is 5.11. The molecule has 170 valence electrons. The molecule has 0 spiro atoms. The van der Waals surface area contributed by atoms with Gasteiger partial charge in [-0.3, -0.25) is 0 Å². The van der Waals surface area contributed by atoms with E-state index in [1.54, 1.807) is 0 Å². The summed E-state index contributed by atoms with van der Waals surface area (Å²) in [6.45, 7) is -0.298. The van der Waals surface area contributed by atoms with Gasteiger partial charge in [-0.1, -0.05) is 29.8 Å². The van der Waals surface area contributed by atoms with Gasteiger partial charge in [0.05, 0.1) is 0 Å². The molecule has 4 nitrogen and oxygen atoms in total. The smallest absolute Gasteiger partial charge is 0.341 e. The molecule has 0 bridgehead atoms. The molecule has 6 heteroatoms. The van der Waals surface area contributed by atoms with Gasteiger partial charge < -0.3 is 14.6 Å². The minimum Gasteiger partial charge on any atom is -0.486 e. The van der Waals surface area contributed by atoms with E-state index in [1.165, 1.54) is 32.7 Å². The molecule has 0 aliphatic heterocycles. The molecule has 0 saturated carbocycles. The Labute approximate surface area is 202 Å². The second-order valence-corrected chi connectivity index (χ2v) is 9.93. The lowest BCUT2D eigenvalue weighted by atomic mass is 10.1. The maximum absolute atomic E-state index is 10.8. The van der Waals surface area contributed by atoms with Gasteiger partial charge in [-0.2, -0.15) is 0 Å². The summed E-state index contributed by atoms with van der Waals surface area (Å²) in [6, 6.07) is 18.4. The summed E-state index contributed by atoms with van der Waals surface area (Å²) in [5.74, 6) is 1.52. The van der Waals surface area contributed by atoms with Crippen molar-refractivity contribution in [3.8, 4) is 11.5 Å². The number of hydrogen-bond donors (Lipinski definition) is 1. The molecule has 0 amide bonds. The third kappa shape index (κ3) is 4.99. The Balaban J connectivity index is 1.21. The van der Waals surface area contributed by atoms with Crippen LogP contribution in [0.3, 0.4) is 0 Å². The van der Waals surface area contributed by atoms with Crippen molar-refractivity contribution < 1.29 is 19.4 Å². The minimum absolute atomic E-state index is 0.0851. The third-order valence-electron chi connectivity index (χ3n) is 6.27. The van der Waals surface area contributed by atoms with Gasteiger partial charge in [0, 0.05) is 15.7 Å². The molecular formula is C27H25ClO4S. The molecule has 0 aromatic heterocycles. The van der Waals surface area contributed by atoms with E-state index < -0.39 is 5.97 Å². The van der Waals surface area contributed by atoms with E-state index in [9.17, 15) is 4.79 Å². The van der Waals surface area contributed by atoms with Gasteiger partial charge in [0.1, 0.15) is 17.6 Å². The van der Waals surface area contributed by atoms with Gasteiger partial charge >= 0.3 is 5.97 Å². The Morgan fingerprint density at radius 2 is 1.85 bits per heavy atom. The van der Waals surface area contributed by atoms with Crippen LogP contribution in [0.15, 0.2) is 59.5 Å². The maximum Gasteiger partial charge on any atom is 0.341 e. The first-order chi connectivity index (χ1) is 16.1. The summed E-state index contributed by atoms with van der Waals surface area (Å²) < 4.78 is 11.8. The van der Waals surface area contributed by atoms with E-state index in [0.717, 1.165) is 48.6 Å². The molecule has 3 aromatic rings. The van der Waals surface area contributed by atoms with Gasteiger partial charge in [-0.05, 0) is 96.3 Å². The zero-order valence-electron chi connectivity index (χ0n) is 18.2. The first-order valence-electron chi connectivity index (χ1n) is 11.2. The number of benzene rings is 3. The second kappa shape index (κ2) is 9.70. The van der Waals surface area contributed by atoms with Crippen molar-refractivity contribution in [3.63, 3.8) is 0 Å². The van der Waals surface area contributed by atoms with Gasteiger partial charge in [-0.15, -0.1) is 11.8 Å². The molecule has 0 heterocycles. The molecule has 0 saturated heterocycles. The highest BCUT2D eigenvalue weighted by atomic mass is 35.5. The third-order valence-corrected chi connectivity index (χ3v) is 7.68. The Morgan fingerprint density at radius 1 is 1.03 bits per heavy atom. The molecule has 2 aliphatic rings. The minimum atomic E-state index is -0.950. The van der Waals surface area contributed by atoms with Gasteiger partial charge in [0.25, 0.3) is 0 Å². The summed E-state index contributed by atoms with van der Waals surface area (Å²) in [5, 5.41) is 9.68. The maximum atomic E-state index is 10.8. The fourth-order valence-corrected chi connectivity index (χ4v) is 5.98. The molecule has 0 fully saturated rings. The average Bonchev–Trinajstić information content (AvgIpc) is 3.45. The number of fused-ring (bicyclic) bond motifs is 2. The molecule has 5 rings (SSSR count). The number of carbonyl (C=O) groups is 1. The molecule has 3 aromatic carbocycles. The largest absolute Gasteiger partial charge is 0.486 e. The van der Waals surface area contributed by atoms with Crippen LogP contribution in [0.5, 0.6) is 11.5 Å². The van der Waals surface area contributed by atoms with Crippen LogP contribution in [0, 0.1) is 0 Å². The van der Waals surface area contributed by atoms with Crippen molar-refractivity contribution in [2.75, 3.05) is 6.61 Å². The van der Waals surface area contributed by atoms with E-state index in [1.807, 2.05) is 30.0 Å². The van der Waals surface area contributed by atoms with E-state index in [2.05, 4.69) is 36.4 Å². The molecule has 33 heavy (non-hydrogen) atoms. The fourth-order valence-electron chi connectivity index (χ4n) is 4.71. The summed E-state index contributed by atoms with van der Waals surface area (Å²) in [4.78, 5) is 12.1. The molecular weight excluding hydrogens is 456 g/mol. The normalized spacial score (nSPS) is 16.3. The lowest BCUT2D eigenvalue weighted by molar-refractivity contribution is -0.139. The topological polar surface area (TPSA) is 55.8 Å². The highest BCUT2D eigenvalue weighted by Crippen LogP contribution is 2.39. The molecule has 1 atom stereocenters. The highest BCUT2D eigenvalue weighted by Gasteiger charge is 2.24. The van der Waals surface area contributed by atoms with Crippen molar-refractivity contribution >= 4 is 29.3 Å². The quantitative estimate of drug-likeness (QED) is 0.366. The van der Waals surface area contributed by atoms with Crippen LogP contribution >= 0.6 is 23.4 Å². The molecule has 2 aliphatic carbocycles. The number of hydrogen-bond acceptors (Lipinski definition) is 4. The standard InChI is InChI=1S/C27H25ClO4S/c28-19-7-10-21-18(14-19)6-11-25(21)32-20-8-4-17(5-9-20)16-33-26-13-12-24(31-15-27(29)30)22-2-1-3-23(22)26/h4-5,7-10,12-14,25H,1-3,6,11,15-16H2,(H,29,30). The molecule has 1 N–H and O–H groups in total. The summed E-state index contributed by atoms with van der Waals surface area (Å²) in [7, 11) is 0. The van der Waals surface area contributed by atoms with Crippen molar-refractivity contribution in [2.45, 2.75) is 48.9 Å². The highest BCUT2D eigenvalue weighted by molar-refractivity contribution is 7.98. The number of aliphatic carboxylic acids is 1. The zero-order chi connectivity index (χ0) is 22.8. The Hall–Kier alpha value is -2.63. The van der Waals surface area contributed by atoms with Crippen molar-refractivity contribution in [1.82, 2.24) is 0 Å². The number of carboxylic acid groups (broad SMARTS) is 1. The van der Waals surface area contributed by atoms with Crippen LogP contribution < -0.4 is 9.47 Å². The van der Waals surface area contributed by atoms with Crippen LogP contribution in [0.1, 0.15) is 46.8 Å². The number of thioether (sulfide) groups is 1. The summed E-state index contributed by atoms with van der Waals surface area (Å²) in [5.41, 5.74) is 6.24. The number of rotatable bonds is 8. The van der Waals surface area contributed by atoms with E-state index in [0.29, 0.717) is 5.75 Å². The predicted molar refractivity (Wildman–Crippen MR) is 131 cm³/mol. The van der Waals surface area contributed by atoms with E-state index in [-0.39, 0.29) is 12.7 Å². The van der Waals surface area contributed by atoms with Crippen molar-refractivity contribution in [3.05, 3.63) is 87.4 Å². The number of carboxylic acids is 1. The van der Waals surface area contributed by atoms with Crippen molar-refractivity contribution in [1.29, 1.82) is 0 Å². The lowest BCUT2D eigenvalue weighted by Crippen LogP contribution is -2.10. The van der Waals surface area contributed by atoms with Gasteiger partial charge in [0.2, 0.25) is 0 Å². The fraction of sp³-hybridized carbons (Fsp3) is 0.296. The van der Waals surface area contributed by atoms with Crippen LogP contribution in [0.2, 0.25) is 5.02 Å². The summed E-state index contributed by atoms with van der Waals surface area (Å²) >= 11 is 7.93. The monoisotopic (exact) mass is 480 g/mol. The van der Waals surface area contributed by atoms with E-state index >= 15 is 0 Å². The Bertz CT molecular complexity index is 1180. The van der Waals surface area contributed by atoms with Crippen LogP contribution in [0.25, 0.3) is 0 Å². The van der Waals surface area contributed by atoms with Gasteiger partial charge in [0.15, 0.2) is 6.61 Å². The lowest BCUT2D eigenvalue weighted by Gasteiger charge is -2.16. The van der Waals surface area contributed by atoms with Crippen LogP contribution in [-0.2, 0) is 29.8 Å². The Kier molecular flexibility index (Phi) is 6.52. The van der Waals surface area contributed by atoms with Crippen molar-refractivity contribution in [2.24, 2.45) is 0 Å². The van der Waals surface area contributed by atoms with Gasteiger partial charge in [-0.25, -0.2) is 4.79 Å². The zero-order valence-corrected chi connectivity index (χ0v) is 19.8. The van der Waals surface area contributed by atoms with Crippen LogP contribution in [-0.4, -0.2) is 17.7 Å². The van der Waals surface area contributed by atoms with Crippen LogP contribution in [0.4, 0.5) is 0 Å². The Morgan fingerprint density at radius 3 is 2.67 bits per heavy atom. The SMILES string of the molecule is O=C(O)COc1ccc(SCc2ccc(OC3CCc4cc(Cl)ccc43)cc2)c2c1CCC2. The number of halogens is 1. The first kappa shape index (κ1) is 22.2. The number of ether oxygens (including phenoxy) is 2.